The number of anilines is 1. The smallest absolute Gasteiger partial charge is 0.408 e. The molecule has 0 aliphatic heterocycles. The molecule has 170 valence electrons. The van der Waals surface area contributed by atoms with E-state index in [4.69, 9.17) is 4.74 Å². The molecule has 1 aromatic carbocycles. The highest BCUT2D eigenvalue weighted by atomic mass is 127. The quantitative estimate of drug-likeness (QED) is 0.245. The van der Waals surface area contributed by atoms with E-state index in [0.29, 0.717) is 19.0 Å². The number of guanidine groups is 1. The summed E-state index contributed by atoms with van der Waals surface area (Å²) in [4.78, 5) is 27.2. The number of hydrogen-bond acceptors (Lipinski definition) is 4. The number of carbonyl (C=O) groups is 2. The van der Waals surface area contributed by atoms with Crippen molar-refractivity contribution in [1.82, 2.24) is 16.0 Å². The van der Waals surface area contributed by atoms with Crippen LogP contribution in [0.25, 0.3) is 0 Å². The molecule has 0 fully saturated rings. The van der Waals surface area contributed by atoms with Crippen LogP contribution in [0, 0.1) is 0 Å². The van der Waals surface area contributed by atoms with Crippen molar-refractivity contribution in [3.8, 4) is 0 Å². The van der Waals surface area contributed by atoms with E-state index in [1.54, 1.807) is 7.05 Å². The van der Waals surface area contributed by atoms with Gasteiger partial charge < -0.3 is 26.0 Å². The van der Waals surface area contributed by atoms with E-state index < -0.39 is 17.2 Å². The van der Waals surface area contributed by atoms with Crippen molar-refractivity contribution >= 4 is 47.6 Å². The normalized spacial score (nSPS) is 11.8. The third kappa shape index (κ3) is 12.5. The highest BCUT2D eigenvalue weighted by molar-refractivity contribution is 14.0. The molecule has 8 nitrogen and oxygen atoms in total. The van der Waals surface area contributed by atoms with E-state index in [2.05, 4.69) is 26.3 Å². The second-order valence-electron chi connectivity index (χ2n) is 8.49. The summed E-state index contributed by atoms with van der Waals surface area (Å²) in [6.07, 6.45) is 0.357. The maximum atomic E-state index is 12.0. The maximum Gasteiger partial charge on any atom is 0.408 e. The lowest BCUT2D eigenvalue weighted by molar-refractivity contribution is -0.114. The highest BCUT2D eigenvalue weighted by Crippen LogP contribution is 2.10. The number of hydrogen-bond donors (Lipinski definition) is 4. The molecule has 4 N–H and O–H groups in total. The Kier molecular flexibility index (Phi) is 11.8. The van der Waals surface area contributed by atoms with E-state index in [1.165, 1.54) is 6.92 Å². The molecule has 2 amide bonds. The van der Waals surface area contributed by atoms with Gasteiger partial charge in [0.2, 0.25) is 5.91 Å². The molecule has 0 aliphatic rings. The van der Waals surface area contributed by atoms with Gasteiger partial charge in [0.05, 0.1) is 5.54 Å². The predicted molar refractivity (Wildman–Crippen MR) is 133 cm³/mol. The zero-order chi connectivity index (χ0) is 22.1. The fraction of sp³-hybridized carbons (Fsp3) is 0.571. The van der Waals surface area contributed by atoms with Crippen molar-refractivity contribution in [2.24, 2.45) is 4.99 Å². The molecule has 0 atom stereocenters. The summed E-state index contributed by atoms with van der Waals surface area (Å²) < 4.78 is 5.30. The first-order chi connectivity index (χ1) is 13.4. The fourth-order valence-corrected chi connectivity index (χ4v) is 2.43. The first-order valence-corrected chi connectivity index (χ1v) is 9.72. The molecule has 9 heteroatoms. The number of nitrogens with one attached hydrogen (secondary N) is 4. The third-order valence-electron chi connectivity index (χ3n) is 3.74. The molecule has 0 bridgehead atoms. The van der Waals surface area contributed by atoms with Crippen LogP contribution in [0.3, 0.4) is 0 Å². The second kappa shape index (κ2) is 12.6. The zero-order valence-corrected chi connectivity index (χ0v) is 21.3. The van der Waals surface area contributed by atoms with Crippen LogP contribution in [0.1, 0.15) is 47.1 Å². The lowest BCUT2D eigenvalue weighted by atomic mass is 10.1. The number of rotatable bonds is 7. The molecule has 0 radical (unpaired) electrons. The molecule has 0 aromatic heterocycles. The average molecular weight is 533 g/mol. The van der Waals surface area contributed by atoms with Gasteiger partial charge in [0, 0.05) is 32.7 Å². The van der Waals surface area contributed by atoms with Crippen LogP contribution < -0.4 is 21.3 Å². The molecule has 0 unspecified atom stereocenters. The van der Waals surface area contributed by atoms with Gasteiger partial charge in [-0.25, -0.2) is 4.79 Å². The van der Waals surface area contributed by atoms with Gasteiger partial charge in [-0.1, -0.05) is 12.1 Å². The van der Waals surface area contributed by atoms with Crippen molar-refractivity contribution in [3.05, 3.63) is 29.8 Å². The molecule has 30 heavy (non-hydrogen) atoms. The summed E-state index contributed by atoms with van der Waals surface area (Å²) in [6.45, 7) is 12.0. The Balaban J connectivity index is 0.00000841. The van der Waals surface area contributed by atoms with E-state index in [9.17, 15) is 9.59 Å². The molecule has 0 saturated carbocycles. The zero-order valence-electron chi connectivity index (χ0n) is 19.0. The van der Waals surface area contributed by atoms with E-state index in [0.717, 1.165) is 17.7 Å². The summed E-state index contributed by atoms with van der Waals surface area (Å²) in [5.41, 5.74) is 0.880. The van der Waals surface area contributed by atoms with Crippen molar-refractivity contribution in [3.63, 3.8) is 0 Å². The Labute approximate surface area is 197 Å². The minimum absolute atomic E-state index is 0. The van der Waals surface area contributed by atoms with Crippen LogP contribution in [0.2, 0.25) is 0 Å². The van der Waals surface area contributed by atoms with Crippen LogP contribution in [-0.2, 0) is 16.0 Å². The number of alkyl carbamates (subject to hydrolysis) is 1. The Morgan fingerprint density at radius 2 is 1.63 bits per heavy atom. The minimum Gasteiger partial charge on any atom is -0.444 e. The summed E-state index contributed by atoms with van der Waals surface area (Å²) in [5.74, 6) is 0.567. The van der Waals surface area contributed by atoms with Gasteiger partial charge in [0.15, 0.2) is 5.96 Å². The Hall–Kier alpha value is -2.04. The molecule has 0 saturated heterocycles. The topological polar surface area (TPSA) is 104 Å². The van der Waals surface area contributed by atoms with Gasteiger partial charge in [-0.05, 0) is 58.7 Å². The Morgan fingerprint density at radius 1 is 1.03 bits per heavy atom. The third-order valence-corrected chi connectivity index (χ3v) is 3.74. The lowest BCUT2D eigenvalue weighted by Gasteiger charge is -2.29. The van der Waals surface area contributed by atoms with Gasteiger partial charge in [0.25, 0.3) is 0 Å². The number of benzene rings is 1. The van der Waals surface area contributed by atoms with E-state index in [1.807, 2.05) is 58.9 Å². The standard InChI is InChI=1S/C21H35N5O3.HI/c1-15(27)25-17-10-8-16(9-11-17)12-13-23-18(22-7)24-14-21(5,6)26-19(28)29-20(2,3)4;/h8-11H,12-14H2,1-7H3,(H,25,27)(H,26,28)(H2,22,23,24);1H. The van der Waals surface area contributed by atoms with Crippen molar-refractivity contribution in [1.29, 1.82) is 0 Å². The highest BCUT2D eigenvalue weighted by Gasteiger charge is 2.24. The fourth-order valence-electron chi connectivity index (χ4n) is 2.43. The molecule has 1 aromatic rings. The van der Waals surface area contributed by atoms with Crippen LogP contribution >= 0.6 is 24.0 Å². The molecular weight excluding hydrogens is 497 g/mol. The number of carbonyl (C=O) groups excluding carboxylic acids is 2. The average Bonchev–Trinajstić information content (AvgIpc) is 2.56. The SMILES string of the molecule is CN=C(NCCc1ccc(NC(C)=O)cc1)NCC(C)(C)NC(=O)OC(C)(C)C.I. The molecule has 0 spiro atoms. The summed E-state index contributed by atoms with van der Waals surface area (Å²) in [7, 11) is 1.70. The monoisotopic (exact) mass is 533 g/mol. The number of ether oxygens (including phenoxy) is 1. The summed E-state index contributed by atoms with van der Waals surface area (Å²) in [5, 5.41) is 12.1. The maximum absolute atomic E-state index is 12.0. The van der Waals surface area contributed by atoms with E-state index >= 15 is 0 Å². The van der Waals surface area contributed by atoms with Gasteiger partial charge in [0.1, 0.15) is 5.60 Å². The summed E-state index contributed by atoms with van der Waals surface area (Å²) in [6, 6.07) is 7.73. The van der Waals surface area contributed by atoms with Crippen LogP contribution in [0.15, 0.2) is 29.3 Å². The van der Waals surface area contributed by atoms with Crippen molar-refractivity contribution in [2.45, 2.75) is 59.1 Å². The lowest BCUT2D eigenvalue weighted by Crippen LogP contribution is -2.54. The van der Waals surface area contributed by atoms with Gasteiger partial charge in [-0.15, -0.1) is 24.0 Å². The Bertz CT molecular complexity index is 712. The van der Waals surface area contributed by atoms with Crippen LogP contribution in [0.4, 0.5) is 10.5 Å². The number of halogens is 1. The first-order valence-electron chi connectivity index (χ1n) is 9.72. The molecule has 1 rings (SSSR count). The number of aliphatic imine (C=N–C) groups is 1. The molecular formula is C21H36IN5O3. The molecule has 0 aliphatic carbocycles. The van der Waals surface area contributed by atoms with Crippen LogP contribution in [0.5, 0.6) is 0 Å². The van der Waals surface area contributed by atoms with Crippen LogP contribution in [-0.4, -0.2) is 49.2 Å². The van der Waals surface area contributed by atoms with Crippen molar-refractivity contribution < 1.29 is 14.3 Å². The van der Waals surface area contributed by atoms with Gasteiger partial charge >= 0.3 is 6.09 Å². The first kappa shape index (κ1) is 28.0. The predicted octanol–water partition coefficient (Wildman–Crippen LogP) is 3.27. The number of nitrogens with zero attached hydrogens (tertiary/aromatic N) is 1. The number of amides is 2. The second-order valence-corrected chi connectivity index (χ2v) is 8.49. The van der Waals surface area contributed by atoms with E-state index in [-0.39, 0.29) is 29.9 Å². The van der Waals surface area contributed by atoms with Crippen molar-refractivity contribution in [2.75, 3.05) is 25.5 Å². The minimum atomic E-state index is -0.536. The van der Waals surface area contributed by atoms with Gasteiger partial charge in [-0.2, -0.15) is 0 Å². The summed E-state index contributed by atoms with van der Waals surface area (Å²) >= 11 is 0. The van der Waals surface area contributed by atoms with Gasteiger partial charge in [-0.3, -0.25) is 9.79 Å². The Morgan fingerprint density at radius 3 is 2.13 bits per heavy atom. The largest absolute Gasteiger partial charge is 0.444 e. The molecule has 0 heterocycles.